The van der Waals surface area contributed by atoms with Gasteiger partial charge >= 0.3 is 11.8 Å². The van der Waals surface area contributed by atoms with Gasteiger partial charge in [-0.15, -0.1) is 0 Å². The third-order valence-electron chi connectivity index (χ3n) is 5.60. The van der Waals surface area contributed by atoms with E-state index in [1.807, 2.05) is 4.90 Å². The van der Waals surface area contributed by atoms with Crippen molar-refractivity contribution in [2.45, 2.75) is 51.0 Å². The van der Waals surface area contributed by atoms with E-state index in [9.17, 15) is 9.59 Å². The van der Waals surface area contributed by atoms with Crippen LogP contribution in [0.15, 0.2) is 0 Å². The second-order valence-electron chi connectivity index (χ2n) is 6.82. The summed E-state index contributed by atoms with van der Waals surface area (Å²) in [6.45, 7) is 2.15. The van der Waals surface area contributed by atoms with Crippen molar-refractivity contribution in [3.8, 4) is 0 Å². The van der Waals surface area contributed by atoms with Crippen molar-refractivity contribution in [3.05, 3.63) is 0 Å². The van der Waals surface area contributed by atoms with Crippen molar-refractivity contribution < 1.29 is 14.7 Å². The standard InChI is InChI=1S/C16H26N2O3/c19-11-12-6-9-17(10-7-12)15(20)16(21)18-8-2-4-13-3-1-5-14(13)18/h12-14,19H,1-11H2. The SMILES string of the molecule is O=C(C(=O)N1CCCC2CCCC21)N1CCC(CO)CC1. The van der Waals surface area contributed by atoms with Crippen LogP contribution in [0.2, 0.25) is 0 Å². The van der Waals surface area contributed by atoms with Crippen LogP contribution in [0.5, 0.6) is 0 Å². The first-order chi connectivity index (χ1) is 10.2. The molecule has 0 radical (unpaired) electrons. The van der Waals surface area contributed by atoms with Gasteiger partial charge in [0, 0.05) is 32.3 Å². The molecule has 0 aromatic heterocycles. The minimum absolute atomic E-state index is 0.186. The van der Waals surface area contributed by atoms with E-state index < -0.39 is 0 Å². The third-order valence-corrected chi connectivity index (χ3v) is 5.60. The molecular weight excluding hydrogens is 268 g/mol. The van der Waals surface area contributed by atoms with Gasteiger partial charge in [-0.2, -0.15) is 0 Å². The van der Waals surface area contributed by atoms with E-state index in [1.165, 1.54) is 19.3 Å². The summed E-state index contributed by atoms with van der Waals surface area (Å²) < 4.78 is 0. The number of fused-ring (bicyclic) bond motifs is 1. The number of nitrogens with zero attached hydrogens (tertiary/aromatic N) is 2. The molecule has 2 atom stereocenters. The number of rotatable bonds is 1. The summed E-state index contributed by atoms with van der Waals surface area (Å²) in [6.07, 6.45) is 7.33. The number of hydrogen-bond acceptors (Lipinski definition) is 3. The second-order valence-corrected chi connectivity index (χ2v) is 6.82. The lowest BCUT2D eigenvalue weighted by Gasteiger charge is -2.39. The minimum atomic E-state index is -0.320. The van der Waals surface area contributed by atoms with Crippen LogP contribution < -0.4 is 0 Å². The molecule has 0 aromatic carbocycles. The lowest BCUT2D eigenvalue weighted by molar-refractivity contribution is -0.155. The molecule has 5 nitrogen and oxygen atoms in total. The van der Waals surface area contributed by atoms with Crippen molar-refractivity contribution in [1.29, 1.82) is 0 Å². The van der Waals surface area contributed by atoms with Gasteiger partial charge in [0.05, 0.1) is 0 Å². The van der Waals surface area contributed by atoms with E-state index in [0.717, 1.165) is 32.2 Å². The molecule has 0 aromatic rings. The fourth-order valence-electron chi connectivity index (χ4n) is 4.28. The van der Waals surface area contributed by atoms with E-state index in [1.54, 1.807) is 4.90 Å². The molecule has 2 unspecified atom stereocenters. The number of hydrogen-bond donors (Lipinski definition) is 1. The number of piperidine rings is 2. The highest BCUT2D eigenvalue weighted by Gasteiger charge is 2.40. The Kier molecular flexibility index (Phi) is 4.48. The van der Waals surface area contributed by atoms with Crippen LogP contribution in [-0.4, -0.2) is 59.0 Å². The Morgan fingerprint density at radius 2 is 1.62 bits per heavy atom. The quantitative estimate of drug-likeness (QED) is 0.734. The lowest BCUT2D eigenvalue weighted by Crippen LogP contribution is -2.53. The summed E-state index contributed by atoms with van der Waals surface area (Å²) in [5.41, 5.74) is 0. The first kappa shape index (κ1) is 14.8. The molecule has 3 fully saturated rings. The number of aliphatic hydroxyl groups excluding tert-OH is 1. The maximum atomic E-state index is 12.6. The van der Waals surface area contributed by atoms with Crippen molar-refractivity contribution >= 4 is 11.8 Å². The van der Waals surface area contributed by atoms with Crippen LogP contribution in [-0.2, 0) is 9.59 Å². The van der Waals surface area contributed by atoms with Crippen LogP contribution in [0.3, 0.4) is 0 Å². The molecule has 21 heavy (non-hydrogen) atoms. The molecule has 0 spiro atoms. The molecule has 0 bridgehead atoms. The van der Waals surface area contributed by atoms with E-state index in [4.69, 9.17) is 5.11 Å². The largest absolute Gasteiger partial charge is 0.396 e. The zero-order chi connectivity index (χ0) is 14.8. The zero-order valence-corrected chi connectivity index (χ0v) is 12.7. The summed E-state index contributed by atoms with van der Waals surface area (Å²) in [7, 11) is 0. The van der Waals surface area contributed by atoms with Gasteiger partial charge in [-0.1, -0.05) is 6.42 Å². The van der Waals surface area contributed by atoms with Crippen molar-refractivity contribution in [2.75, 3.05) is 26.2 Å². The number of likely N-dealkylation sites (tertiary alicyclic amines) is 2. The van der Waals surface area contributed by atoms with Gasteiger partial charge in [-0.3, -0.25) is 9.59 Å². The normalized spacial score (nSPS) is 30.3. The average molecular weight is 294 g/mol. The fourth-order valence-corrected chi connectivity index (χ4v) is 4.28. The van der Waals surface area contributed by atoms with E-state index >= 15 is 0 Å². The number of amides is 2. The van der Waals surface area contributed by atoms with E-state index in [0.29, 0.717) is 31.0 Å². The second kappa shape index (κ2) is 6.34. The molecule has 2 aliphatic heterocycles. The van der Waals surface area contributed by atoms with Crippen LogP contribution >= 0.6 is 0 Å². The van der Waals surface area contributed by atoms with E-state index in [-0.39, 0.29) is 18.4 Å². The molecule has 1 aliphatic carbocycles. The highest BCUT2D eigenvalue weighted by molar-refractivity contribution is 6.35. The van der Waals surface area contributed by atoms with Gasteiger partial charge in [0.1, 0.15) is 0 Å². The number of carbonyl (C=O) groups excluding carboxylic acids is 2. The molecule has 5 heteroatoms. The van der Waals surface area contributed by atoms with Gasteiger partial charge in [0.25, 0.3) is 0 Å². The fraction of sp³-hybridized carbons (Fsp3) is 0.875. The molecule has 2 heterocycles. The molecule has 2 amide bonds. The monoisotopic (exact) mass is 294 g/mol. The Labute approximate surface area is 126 Å². The molecule has 3 aliphatic rings. The maximum absolute atomic E-state index is 12.6. The highest BCUT2D eigenvalue weighted by atomic mass is 16.3. The molecule has 1 N–H and O–H groups in total. The summed E-state index contributed by atoms with van der Waals surface area (Å²) in [4.78, 5) is 28.6. The van der Waals surface area contributed by atoms with Gasteiger partial charge in [-0.25, -0.2) is 0 Å². The first-order valence-electron chi connectivity index (χ1n) is 8.41. The number of aliphatic hydroxyl groups is 1. The predicted octanol–water partition coefficient (Wildman–Crippen LogP) is 1.01. The molecule has 118 valence electrons. The smallest absolute Gasteiger partial charge is 0.312 e. The Balaban J connectivity index is 1.60. The van der Waals surface area contributed by atoms with Gasteiger partial charge < -0.3 is 14.9 Å². The van der Waals surface area contributed by atoms with Crippen molar-refractivity contribution in [3.63, 3.8) is 0 Å². The summed E-state index contributed by atoms with van der Waals surface area (Å²) >= 11 is 0. The minimum Gasteiger partial charge on any atom is -0.396 e. The van der Waals surface area contributed by atoms with Crippen molar-refractivity contribution in [2.24, 2.45) is 11.8 Å². The summed E-state index contributed by atoms with van der Waals surface area (Å²) in [5.74, 6) is 0.307. The topological polar surface area (TPSA) is 60.9 Å². The summed E-state index contributed by atoms with van der Waals surface area (Å²) in [6, 6.07) is 0.310. The van der Waals surface area contributed by atoms with Crippen LogP contribution in [0, 0.1) is 11.8 Å². The zero-order valence-electron chi connectivity index (χ0n) is 12.7. The van der Waals surface area contributed by atoms with E-state index in [2.05, 4.69) is 0 Å². The van der Waals surface area contributed by atoms with Gasteiger partial charge in [0.15, 0.2) is 0 Å². The third kappa shape index (κ3) is 2.93. The van der Waals surface area contributed by atoms with Crippen LogP contribution in [0.4, 0.5) is 0 Å². The Morgan fingerprint density at radius 3 is 2.33 bits per heavy atom. The first-order valence-corrected chi connectivity index (χ1v) is 8.41. The van der Waals surface area contributed by atoms with Crippen molar-refractivity contribution in [1.82, 2.24) is 9.80 Å². The van der Waals surface area contributed by atoms with Gasteiger partial charge in [0.2, 0.25) is 0 Å². The molecule has 3 rings (SSSR count). The lowest BCUT2D eigenvalue weighted by atomic mass is 9.91. The Hall–Kier alpha value is -1.10. The Morgan fingerprint density at radius 1 is 0.905 bits per heavy atom. The number of carbonyl (C=O) groups is 2. The molecule has 1 saturated carbocycles. The highest BCUT2D eigenvalue weighted by Crippen LogP contribution is 2.36. The van der Waals surface area contributed by atoms with Gasteiger partial charge in [-0.05, 0) is 50.4 Å². The summed E-state index contributed by atoms with van der Waals surface area (Å²) in [5, 5.41) is 9.15. The predicted molar refractivity (Wildman–Crippen MR) is 78.5 cm³/mol. The Bertz CT molecular complexity index is 404. The maximum Gasteiger partial charge on any atom is 0.312 e. The molecular formula is C16H26N2O3. The van der Waals surface area contributed by atoms with Crippen LogP contribution in [0.1, 0.15) is 44.9 Å². The van der Waals surface area contributed by atoms with Crippen LogP contribution in [0.25, 0.3) is 0 Å². The molecule has 2 saturated heterocycles. The average Bonchev–Trinajstić information content (AvgIpc) is 3.02.